The van der Waals surface area contributed by atoms with Gasteiger partial charge in [-0.2, -0.15) is 0 Å². The Hall–Kier alpha value is -2.36. The van der Waals surface area contributed by atoms with Gasteiger partial charge in [-0.25, -0.2) is 4.79 Å². The lowest BCUT2D eigenvalue weighted by Gasteiger charge is -2.17. The van der Waals surface area contributed by atoms with E-state index in [-0.39, 0.29) is 12.0 Å². The highest BCUT2D eigenvalue weighted by Crippen LogP contribution is 2.22. The summed E-state index contributed by atoms with van der Waals surface area (Å²) in [5.74, 6) is -0.335. The second kappa shape index (κ2) is 6.19. The molecule has 0 aliphatic rings. The average Bonchev–Trinajstić information content (AvgIpc) is 2.49. The van der Waals surface area contributed by atoms with Gasteiger partial charge in [-0.15, -0.1) is 0 Å². The van der Waals surface area contributed by atoms with Gasteiger partial charge in [0, 0.05) is 11.9 Å². The summed E-state index contributed by atoms with van der Waals surface area (Å²) in [6, 6.07) is 11.3. The second-order valence-electron chi connectivity index (χ2n) is 4.64. The first kappa shape index (κ1) is 14.1. The number of nitrogens with one attached hydrogen (secondary N) is 1. The summed E-state index contributed by atoms with van der Waals surface area (Å²) in [7, 11) is 1.38. The van der Waals surface area contributed by atoms with Gasteiger partial charge in [-0.3, -0.25) is 4.98 Å². The van der Waals surface area contributed by atoms with Gasteiger partial charge in [0.2, 0.25) is 0 Å². The van der Waals surface area contributed by atoms with E-state index in [1.165, 1.54) is 7.11 Å². The zero-order chi connectivity index (χ0) is 14.5. The molecule has 1 heterocycles. The van der Waals surface area contributed by atoms with Gasteiger partial charge in [0.05, 0.1) is 24.4 Å². The van der Waals surface area contributed by atoms with Crippen LogP contribution in [0.15, 0.2) is 42.6 Å². The molecular formula is C16H18N2O2. The average molecular weight is 270 g/mol. The fraction of sp³-hybridized carbons (Fsp3) is 0.250. The van der Waals surface area contributed by atoms with Crippen molar-refractivity contribution in [3.63, 3.8) is 0 Å². The third kappa shape index (κ3) is 3.15. The number of ether oxygens (including phenoxy) is 1. The number of carbonyl (C=O) groups excluding carboxylic acids is 1. The van der Waals surface area contributed by atoms with Crippen LogP contribution in [0.5, 0.6) is 0 Å². The van der Waals surface area contributed by atoms with Crippen molar-refractivity contribution >= 4 is 11.7 Å². The van der Waals surface area contributed by atoms with Crippen molar-refractivity contribution in [1.29, 1.82) is 0 Å². The van der Waals surface area contributed by atoms with E-state index in [2.05, 4.69) is 10.3 Å². The van der Waals surface area contributed by atoms with Gasteiger partial charge in [-0.05, 0) is 43.7 Å². The molecule has 1 atom stereocenters. The van der Waals surface area contributed by atoms with Crippen molar-refractivity contribution in [2.45, 2.75) is 19.9 Å². The molecule has 0 aliphatic heterocycles. The molecule has 2 rings (SSSR count). The van der Waals surface area contributed by atoms with Crippen LogP contribution in [0.1, 0.15) is 34.6 Å². The molecule has 4 heteroatoms. The lowest BCUT2D eigenvalue weighted by Crippen LogP contribution is -2.10. The first-order valence-electron chi connectivity index (χ1n) is 6.48. The fourth-order valence-electron chi connectivity index (χ4n) is 1.96. The molecule has 20 heavy (non-hydrogen) atoms. The van der Waals surface area contributed by atoms with Gasteiger partial charge < -0.3 is 10.1 Å². The molecule has 0 saturated heterocycles. The van der Waals surface area contributed by atoms with Gasteiger partial charge in [0.1, 0.15) is 0 Å². The summed E-state index contributed by atoms with van der Waals surface area (Å²) in [6.07, 6.45) is 1.77. The normalized spacial score (nSPS) is 11.8. The Morgan fingerprint density at radius 3 is 2.75 bits per heavy atom. The highest BCUT2D eigenvalue weighted by molar-refractivity contribution is 5.90. The number of methoxy groups -OCH3 is 1. The van der Waals surface area contributed by atoms with E-state index in [0.717, 1.165) is 16.9 Å². The summed E-state index contributed by atoms with van der Waals surface area (Å²) >= 11 is 0. The number of hydrogen-bond donors (Lipinski definition) is 1. The quantitative estimate of drug-likeness (QED) is 0.866. The van der Waals surface area contributed by atoms with Gasteiger partial charge in [0.15, 0.2) is 0 Å². The Morgan fingerprint density at radius 1 is 1.30 bits per heavy atom. The Kier molecular flexibility index (Phi) is 4.35. The maximum atomic E-state index is 11.6. The number of carbonyl (C=O) groups is 1. The van der Waals surface area contributed by atoms with Gasteiger partial charge in [0.25, 0.3) is 0 Å². The van der Waals surface area contributed by atoms with Gasteiger partial charge in [-0.1, -0.05) is 12.1 Å². The van der Waals surface area contributed by atoms with Crippen LogP contribution in [0.25, 0.3) is 0 Å². The third-order valence-corrected chi connectivity index (χ3v) is 3.16. The predicted octanol–water partition coefficient (Wildman–Crippen LogP) is 3.35. The molecule has 1 unspecified atom stereocenters. The summed E-state index contributed by atoms with van der Waals surface area (Å²) in [5, 5.41) is 3.38. The highest BCUT2D eigenvalue weighted by atomic mass is 16.5. The summed E-state index contributed by atoms with van der Waals surface area (Å²) < 4.78 is 4.74. The minimum absolute atomic E-state index is 0.0581. The molecule has 0 spiro atoms. The Labute approximate surface area is 118 Å². The monoisotopic (exact) mass is 270 g/mol. The van der Waals surface area contributed by atoms with Crippen molar-refractivity contribution in [2.24, 2.45) is 0 Å². The molecule has 1 N–H and O–H groups in total. The minimum Gasteiger partial charge on any atom is -0.465 e. The van der Waals surface area contributed by atoms with Crippen molar-refractivity contribution in [3.8, 4) is 0 Å². The molecular weight excluding hydrogens is 252 g/mol. The molecule has 2 aromatic rings. The van der Waals surface area contributed by atoms with Crippen LogP contribution in [0, 0.1) is 6.92 Å². The SMILES string of the molecule is COC(=O)c1ccc(C)c(NC(C)c2ccccn2)c1. The van der Waals surface area contributed by atoms with Crippen molar-refractivity contribution < 1.29 is 9.53 Å². The van der Waals surface area contributed by atoms with Crippen molar-refractivity contribution in [3.05, 3.63) is 59.4 Å². The molecule has 0 bridgehead atoms. The molecule has 0 fully saturated rings. The first-order valence-corrected chi connectivity index (χ1v) is 6.48. The molecule has 4 nitrogen and oxygen atoms in total. The minimum atomic E-state index is -0.335. The van der Waals surface area contributed by atoms with E-state index >= 15 is 0 Å². The molecule has 0 aliphatic carbocycles. The van der Waals surface area contributed by atoms with Crippen molar-refractivity contribution in [2.75, 3.05) is 12.4 Å². The van der Waals surface area contributed by atoms with E-state index in [0.29, 0.717) is 5.56 Å². The zero-order valence-corrected chi connectivity index (χ0v) is 11.9. The van der Waals surface area contributed by atoms with Crippen LogP contribution < -0.4 is 5.32 Å². The second-order valence-corrected chi connectivity index (χ2v) is 4.64. The number of rotatable bonds is 4. The maximum absolute atomic E-state index is 11.6. The molecule has 0 amide bonds. The topological polar surface area (TPSA) is 51.2 Å². The number of aromatic nitrogens is 1. The largest absolute Gasteiger partial charge is 0.465 e. The number of anilines is 1. The number of esters is 1. The first-order chi connectivity index (χ1) is 9.61. The smallest absolute Gasteiger partial charge is 0.337 e. The van der Waals surface area contributed by atoms with E-state index in [9.17, 15) is 4.79 Å². The molecule has 1 aromatic heterocycles. The van der Waals surface area contributed by atoms with E-state index in [4.69, 9.17) is 4.74 Å². The fourth-order valence-corrected chi connectivity index (χ4v) is 1.96. The van der Waals surface area contributed by atoms with E-state index in [1.54, 1.807) is 18.3 Å². The van der Waals surface area contributed by atoms with E-state index < -0.39 is 0 Å². The van der Waals surface area contributed by atoms with Crippen LogP contribution in [0.2, 0.25) is 0 Å². The Balaban J connectivity index is 2.22. The lowest BCUT2D eigenvalue weighted by molar-refractivity contribution is 0.0601. The standard InChI is InChI=1S/C16H18N2O2/c1-11-7-8-13(16(19)20-3)10-15(11)18-12(2)14-6-4-5-9-17-14/h4-10,12,18H,1-3H3. The molecule has 0 saturated carbocycles. The Bertz CT molecular complexity index is 597. The Morgan fingerprint density at radius 2 is 2.10 bits per heavy atom. The van der Waals surface area contributed by atoms with Crippen LogP contribution >= 0.6 is 0 Å². The summed E-state index contributed by atoms with van der Waals surface area (Å²) in [6.45, 7) is 4.03. The predicted molar refractivity (Wildman–Crippen MR) is 78.8 cm³/mol. The van der Waals surface area contributed by atoms with Gasteiger partial charge >= 0.3 is 5.97 Å². The van der Waals surface area contributed by atoms with E-state index in [1.807, 2.05) is 38.1 Å². The summed E-state index contributed by atoms with van der Waals surface area (Å²) in [5.41, 5.74) is 3.47. The van der Waals surface area contributed by atoms with Crippen molar-refractivity contribution in [1.82, 2.24) is 4.98 Å². The van der Waals surface area contributed by atoms with Crippen LogP contribution in [0.3, 0.4) is 0 Å². The number of hydrogen-bond acceptors (Lipinski definition) is 4. The number of nitrogens with zero attached hydrogens (tertiary/aromatic N) is 1. The van der Waals surface area contributed by atoms with Crippen LogP contribution in [0.4, 0.5) is 5.69 Å². The highest BCUT2D eigenvalue weighted by Gasteiger charge is 2.11. The zero-order valence-electron chi connectivity index (χ0n) is 11.9. The lowest BCUT2D eigenvalue weighted by atomic mass is 10.1. The number of aryl methyl sites for hydroxylation is 1. The van der Waals surface area contributed by atoms with Crippen LogP contribution in [-0.2, 0) is 4.74 Å². The summed E-state index contributed by atoms with van der Waals surface area (Å²) in [4.78, 5) is 15.9. The van der Waals surface area contributed by atoms with Crippen LogP contribution in [-0.4, -0.2) is 18.1 Å². The molecule has 0 radical (unpaired) electrons. The number of benzene rings is 1. The number of pyridine rings is 1. The maximum Gasteiger partial charge on any atom is 0.337 e. The molecule has 1 aromatic carbocycles. The molecule has 104 valence electrons. The third-order valence-electron chi connectivity index (χ3n) is 3.16.